The monoisotopic (exact) mass is 387 g/mol. The van der Waals surface area contributed by atoms with E-state index in [1.54, 1.807) is 41.3 Å². The zero-order valence-electron chi connectivity index (χ0n) is 13.7. The van der Waals surface area contributed by atoms with Crippen molar-refractivity contribution in [3.05, 3.63) is 70.0 Å². The van der Waals surface area contributed by atoms with Gasteiger partial charge in [0.1, 0.15) is 6.04 Å². The molecule has 7 heteroatoms. The van der Waals surface area contributed by atoms with Crippen molar-refractivity contribution in [2.45, 2.75) is 18.9 Å². The molecule has 1 saturated heterocycles. The number of amides is 1. The van der Waals surface area contributed by atoms with E-state index in [9.17, 15) is 4.79 Å². The molecular weight excluding hydrogens is 373 g/mol. The summed E-state index contributed by atoms with van der Waals surface area (Å²) in [6, 6.07) is 14.0. The average molecular weight is 388 g/mol. The van der Waals surface area contributed by atoms with Crippen LogP contribution in [0.2, 0.25) is 10.0 Å². The van der Waals surface area contributed by atoms with Crippen molar-refractivity contribution in [1.82, 2.24) is 15.0 Å². The first-order valence-electron chi connectivity index (χ1n) is 8.28. The predicted molar refractivity (Wildman–Crippen MR) is 99.2 cm³/mol. The third-order valence-corrected chi connectivity index (χ3v) is 4.87. The first-order chi connectivity index (χ1) is 12.6. The Kier molecular flexibility index (Phi) is 4.66. The molecule has 0 saturated carbocycles. The van der Waals surface area contributed by atoms with Crippen molar-refractivity contribution < 1.29 is 9.32 Å². The number of likely N-dealkylation sites (tertiary alicyclic amines) is 1. The minimum absolute atomic E-state index is 0.0856. The first-order valence-corrected chi connectivity index (χ1v) is 9.03. The molecule has 0 radical (unpaired) electrons. The Balaban J connectivity index is 1.60. The summed E-state index contributed by atoms with van der Waals surface area (Å²) in [6.45, 7) is 0.644. The summed E-state index contributed by atoms with van der Waals surface area (Å²) in [6.07, 6.45) is 1.66. The van der Waals surface area contributed by atoms with Crippen LogP contribution >= 0.6 is 23.2 Å². The molecule has 132 valence electrons. The Hall–Kier alpha value is -2.37. The van der Waals surface area contributed by atoms with E-state index in [4.69, 9.17) is 27.7 Å². The van der Waals surface area contributed by atoms with E-state index >= 15 is 0 Å². The van der Waals surface area contributed by atoms with Gasteiger partial charge >= 0.3 is 0 Å². The van der Waals surface area contributed by atoms with E-state index in [0.29, 0.717) is 33.9 Å². The third-order valence-electron chi connectivity index (χ3n) is 4.39. The topological polar surface area (TPSA) is 59.2 Å². The molecule has 0 N–H and O–H groups in total. The van der Waals surface area contributed by atoms with Gasteiger partial charge in [0.05, 0.1) is 0 Å². The van der Waals surface area contributed by atoms with Crippen LogP contribution in [0.25, 0.3) is 11.4 Å². The molecule has 1 aliphatic heterocycles. The average Bonchev–Trinajstić information content (AvgIpc) is 3.30. The lowest BCUT2D eigenvalue weighted by atomic mass is 10.1. The molecular formula is C19H15Cl2N3O2. The van der Waals surface area contributed by atoms with Crippen LogP contribution in [-0.2, 0) is 0 Å². The van der Waals surface area contributed by atoms with Gasteiger partial charge in [-0.1, -0.05) is 46.6 Å². The van der Waals surface area contributed by atoms with Crippen LogP contribution in [0.4, 0.5) is 0 Å². The van der Waals surface area contributed by atoms with Crippen LogP contribution in [-0.4, -0.2) is 27.5 Å². The number of nitrogens with zero attached hydrogens (tertiary/aromatic N) is 3. The van der Waals surface area contributed by atoms with Gasteiger partial charge in [0.25, 0.3) is 5.91 Å². The zero-order valence-corrected chi connectivity index (χ0v) is 15.2. The van der Waals surface area contributed by atoms with E-state index in [1.165, 1.54) is 0 Å². The minimum atomic E-state index is -0.234. The molecule has 1 aliphatic rings. The molecule has 3 aromatic rings. The smallest absolute Gasteiger partial charge is 0.254 e. The van der Waals surface area contributed by atoms with Crippen LogP contribution in [0.5, 0.6) is 0 Å². The quantitative estimate of drug-likeness (QED) is 0.632. The van der Waals surface area contributed by atoms with E-state index in [1.807, 2.05) is 12.1 Å². The summed E-state index contributed by atoms with van der Waals surface area (Å²) < 4.78 is 5.46. The molecule has 4 rings (SSSR count). The van der Waals surface area contributed by atoms with Gasteiger partial charge in [0.2, 0.25) is 11.7 Å². The second kappa shape index (κ2) is 7.09. The van der Waals surface area contributed by atoms with Crippen LogP contribution in [0, 0.1) is 0 Å². The minimum Gasteiger partial charge on any atom is -0.337 e. The Morgan fingerprint density at radius 3 is 2.65 bits per heavy atom. The van der Waals surface area contributed by atoms with Gasteiger partial charge in [-0.25, -0.2) is 0 Å². The highest BCUT2D eigenvalue weighted by Crippen LogP contribution is 2.33. The second-order valence-corrected chi connectivity index (χ2v) is 7.01. The fourth-order valence-corrected chi connectivity index (χ4v) is 3.55. The third kappa shape index (κ3) is 3.32. The first kappa shape index (κ1) is 17.1. The van der Waals surface area contributed by atoms with Crippen LogP contribution < -0.4 is 0 Å². The number of hydrogen-bond acceptors (Lipinski definition) is 4. The Bertz CT molecular complexity index is 957. The van der Waals surface area contributed by atoms with Crippen molar-refractivity contribution in [3.63, 3.8) is 0 Å². The van der Waals surface area contributed by atoms with E-state index in [2.05, 4.69) is 10.1 Å². The maximum Gasteiger partial charge on any atom is 0.254 e. The molecule has 1 atom stereocenters. The van der Waals surface area contributed by atoms with Crippen molar-refractivity contribution >= 4 is 29.1 Å². The Morgan fingerprint density at radius 1 is 1.12 bits per heavy atom. The van der Waals surface area contributed by atoms with E-state index < -0.39 is 0 Å². The molecule has 0 spiro atoms. The number of carbonyl (C=O) groups excluding carboxylic acids is 1. The molecule has 1 aromatic heterocycles. The highest BCUT2D eigenvalue weighted by atomic mass is 35.5. The number of rotatable bonds is 3. The molecule has 0 bridgehead atoms. The predicted octanol–water partition coefficient (Wildman–Crippen LogP) is 5.02. The molecule has 1 amide bonds. The molecule has 1 fully saturated rings. The number of benzene rings is 2. The summed E-state index contributed by atoms with van der Waals surface area (Å²) in [5, 5.41) is 5.19. The Labute approximate surface area is 160 Å². The summed E-state index contributed by atoms with van der Waals surface area (Å²) in [5.74, 6) is 0.815. The number of halogens is 2. The fraction of sp³-hybridized carbons (Fsp3) is 0.211. The molecule has 1 unspecified atom stereocenters. The van der Waals surface area contributed by atoms with Crippen molar-refractivity contribution in [2.75, 3.05) is 6.54 Å². The van der Waals surface area contributed by atoms with Crippen molar-refractivity contribution in [1.29, 1.82) is 0 Å². The normalized spacial score (nSPS) is 16.8. The lowest BCUT2D eigenvalue weighted by Gasteiger charge is -2.22. The molecule has 2 aromatic carbocycles. The summed E-state index contributed by atoms with van der Waals surface area (Å²) in [7, 11) is 0. The molecule has 5 nitrogen and oxygen atoms in total. The largest absolute Gasteiger partial charge is 0.337 e. The summed E-state index contributed by atoms with van der Waals surface area (Å²) >= 11 is 12.0. The van der Waals surface area contributed by atoms with E-state index in [0.717, 1.165) is 18.4 Å². The Morgan fingerprint density at radius 2 is 1.88 bits per heavy atom. The second-order valence-electron chi connectivity index (χ2n) is 6.13. The van der Waals surface area contributed by atoms with Gasteiger partial charge in [-0.2, -0.15) is 4.98 Å². The lowest BCUT2D eigenvalue weighted by molar-refractivity contribution is 0.0710. The van der Waals surface area contributed by atoms with Crippen LogP contribution in [0.15, 0.2) is 53.1 Å². The SMILES string of the molecule is O=C(c1cccc(Cl)c1)N1CCCC1c1nc(-c2cccc(Cl)c2)no1. The van der Waals surface area contributed by atoms with Gasteiger partial charge in [-0.15, -0.1) is 0 Å². The zero-order chi connectivity index (χ0) is 18.1. The van der Waals surface area contributed by atoms with Gasteiger partial charge in [0, 0.05) is 27.7 Å². The molecule has 0 aliphatic carbocycles. The standard InChI is InChI=1S/C19H15Cl2N3O2/c20-14-6-1-4-12(10-14)17-22-18(26-23-17)16-8-3-9-24(16)19(25)13-5-2-7-15(21)11-13/h1-2,4-7,10-11,16H,3,8-9H2. The lowest BCUT2D eigenvalue weighted by Crippen LogP contribution is -2.30. The van der Waals surface area contributed by atoms with Gasteiger partial charge in [-0.3, -0.25) is 4.79 Å². The number of hydrogen-bond donors (Lipinski definition) is 0. The van der Waals surface area contributed by atoms with E-state index in [-0.39, 0.29) is 11.9 Å². The highest BCUT2D eigenvalue weighted by molar-refractivity contribution is 6.31. The highest BCUT2D eigenvalue weighted by Gasteiger charge is 2.34. The van der Waals surface area contributed by atoms with Crippen molar-refractivity contribution in [2.24, 2.45) is 0 Å². The fourth-order valence-electron chi connectivity index (χ4n) is 3.17. The van der Waals surface area contributed by atoms with Gasteiger partial charge in [0.15, 0.2) is 0 Å². The summed E-state index contributed by atoms with van der Waals surface area (Å²) in [4.78, 5) is 19.1. The molecule has 2 heterocycles. The number of aromatic nitrogens is 2. The van der Waals surface area contributed by atoms with Gasteiger partial charge in [-0.05, 0) is 43.2 Å². The maximum atomic E-state index is 12.9. The van der Waals surface area contributed by atoms with Gasteiger partial charge < -0.3 is 9.42 Å². The number of carbonyl (C=O) groups is 1. The van der Waals surface area contributed by atoms with Crippen molar-refractivity contribution in [3.8, 4) is 11.4 Å². The molecule has 26 heavy (non-hydrogen) atoms. The van der Waals surface area contributed by atoms with Crippen LogP contribution in [0.3, 0.4) is 0 Å². The maximum absolute atomic E-state index is 12.9. The van der Waals surface area contributed by atoms with Crippen LogP contribution in [0.1, 0.15) is 35.1 Å². The summed E-state index contributed by atoms with van der Waals surface area (Å²) in [5.41, 5.74) is 1.33.